The van der Waals surface area contributed by atoms with Crippen molar-refractivity contribution in [2.45, 2.75) is 20.8 Å². The van der Waals surface area contributed by atoms with Gasteiger partial charge in [-0.1, -0.05) is 17.7 Å². The van der Waals surface area contributed by atoms with Gasteiger partial charge in [0.05, 0.1) is 11.4 Å². The fraction of sp³-hybridized carbons (Fsp3) is 0.250. The van der Waals surface area contributed by atoms with Gasteiger partial charge in [-0.25, -0.2) is 0 Å². The van der Waals surface area contributed by atoms with Crippen LogP contribution >= 0.6 is 11.6 Å². The minimum atomic E-state index is 0.687. The van der Waals surface area contributed by atoms with E-state index in [0.29, 0.717) is 5.02 Å². The van der Waals surface area contributed by atoms with E-state index in [-0.39, 0.29) is 0 Å². The Labute approximate surface area is 101 Å². The quantitative estimate of drug-likeness (QED) is 0.626. The first-order chi connectivity index (χ1) is 7.49. The molecule has 1 rings (SSSR count). The normalized spacial score (nSPS) is 12.8. The summed E-state index contributed by atoms with van der Waals surface area (Å²) in [4.78, 5) is 0. The number of aryl methyl sites for hydroxylation is 1. The van der Waals surface area contributed by atoms with Crippen molar-refractivity contribution in [3.05, 3.63) is 40.6 Å². The molecule has 0 unspecified atom stereocenters. The Bertz CT molecular complexity index is 432. The van der Waals surface area contributed by atoms with Crippen LogP contribution in [0.5, 0.6) is 0 Å². The molecule has 0 aliphatic rings. The molecule has 0 spiro atoms. The number of nitrogens with one attached hydrogen (secondary N) is 1. The monoisotopic (exact) mass is 237 g/mol. The topological polar surface area (TPSA) is 50.4 Å². The number of hydrazone groups is 1. The first kappa shape index (κ1) is 12.6. The van der Waals surface area contributed by atoms with Crippen molar-refractivity contribution in [1.82, 2.24) is 0 Å². The van der Waals surface area contributed by atoms with Crippen LogP contribution in [-0.4, -0.2) is 5.71 Å². The molecule has 0 saturated carbocycles. The number of hydrogen-bond acceptors (Lipinski definition) is 3. The molecule has 0 aliphatic heterocycles. The number of anilines is 1. The third-order valence-electron chi connectivity index (χ3n) is 1.99. The maximum absolute atomic E-state index is 5.90. The fourth-order valence-electron chi connectivity index (χ4n) is 1.22. The predicted octanol–water partition coefficient (Wildman–Crippen LogP) is 3.30. The molecule has 0 saturated heterocycles. The maximum atomic E-state index is 5.90. The van der Waals surface area contributed by atoms with Crippen molar-refractivity contribution >= 4 is 23.0 Å². The Morgan fingerprint density at radius 3 is 2.75 bits per heavy atom. The molecule has 0 aliphatic carbocycles. The van der Waals surface area contributed by atoms with Crippen LogP contribution in [0.1, 0.15) is 19.4 Å². The minimum absolute atomic E-state index is 0.687. The van der Waals surface area contributed by atoms with Crippen LogP contribution < -0.4 is 11.2 Å². The van der Waals surface area contributed by atoms with E-state index in [4.69, 9.17) is 17.3 Å². The lowest BCUT2D eigenvalue weighted by Gasteiger charge is -2.05. The Kier molecular flexibility index (Phi) is 4.38. The third kappa shape index (κ3) is 3.95. The average Bonchev–Trinajstić information content (AvgIpc) is 2.18. The zero-order valence-corrected chi connectivity index (χ0v) is 10.5. The molecule has 0 heterocycles. The van der Waals surface area contributed by atoms with Gasteiger partial charge in [-0.15, -0.1) is 0 Å². The second kappa shape index (κ2) is 5.56. The highest BCUT2D eigenvalue weighted by Crippen LogP contribution is 2.19. The average molecular weight is 238 g/mol. The summed E-state index contributed by atoms with van der Waals surface area (Å²) in [5.41, 5.74) is 12.0. The van der Waals surface area contributed by atoms with E-state index in [2.05, 4.69) is 10.5 Å². The number of allylic oxidation sites excluding steroid dienone is 2. The first-order valence-electron chi connectivity index (χ1n) is 4.99. The highest BCUT2D eigenvalue weighted by Gasteiger charge is 1.97. The van der Waals surface area contributed by atoms with E-state index in [0.717, 1.165) is 22.7 Å². The Balaban J connectivity index is 2.81. The number of benzene rings is 1. The van der Waals surface area contributed by atoms with Gasteiger partial charge < -0.3 is 5.73 Å². The lowest BCUT2D eigenvalue weighted by molar-refractivity contribution is 1.28. The van der Waals surface area contributed by atoms with E-state index >= 15 is 0 Å². The number of nitrogens with two attached hydrogens (primary N) is 1. The van der Waals surface area contributed by atoms with Gasteiger partial charge in [0.15, 0.2) is 0 Å². The van der Waals surface area contributed by atoms with Crippen LogP contribution in [0, 0.1) is 6.92 Å². The van der Waals surface area contributed by atoms with Crippen molar-refractivity contribution in [3.63, 3.8) is 0 Å². The molecule has 16 heavy (non-hydrogen) atoms. The summed E-state index contributed by atoms with van der Waals surface area (Å²) in [6, 6.07) is 5.63. The fourth-order valence-corrected chi connectivity index (χ4v) is 1.40. The van der Waals surface area contributed by atoms with E-state index in [1.54, 1.807) is 6.08 Å². The van der Waals surface area contributed by atoms with Gasteiger partial charge in [-0.3, -0.25) is 5.43 Å². The van der Waals surface area contributed by atoms with Crippen molar-refractivity contribution in [1.29, 1.82) is 0 Å². The molecule has 0 bridgehead atoms. The molecule has 1 aromatic rings. The summed E-state index contributed by atoms with van der Waals surface area (Å²) in [6.07, 6.45) is 1.80. The van der Waals surface area contributed by atoms with Crippen molar-refractivity contribution in [2.75, 3.05) is 5.43 Å². The summed E-state index contributed by atoms with van der Waals surface area (Å²) in [6.45, 7) is 5.69. The first-order valence-corrected chi connectivity index (χ1v) is 5.37. The number of hydrogen-bond donors (Lipinski definition) is 2. The standard InChI is InChI=1S/C12H16ClN3/c1-8-4-5-11(13)7-12(8)16-15-10(3)6-9(2)14/h4-7,16H,14H2,1-3H3/b9-6+,15-10-. The zero-order chi connectivity index (χ0) is 12.1. The van der Waals surface area contributed by atoms with Crippen LogP contribution in [0.3, 0.4) is 0 Å². The van der Waals surface area contributed by atoms with Gasteiger partial charge in [0, 0.05) is 10.7 Å². The zero-order valence-electron chi connectivity index (χ0n) is 9.71. The Hall–Kier alpha value is -1.48. The van der Waals surface area contributed by atoms with E-state index < -0.39 is 0 Å². The molecule has 4 heteroatoms. The molecule has 3 N–H and O–H groups in total. The summed E-state index contributed by atoms with van der Waals surface area (Å²) in [7, 11) is 0. The van der Waals surface area contributed by atoms with Crippen molar-refractivity contribution < 1.29 is 0 Å². The molecule has 86 valence electrons. The van der Waals surface area contributed by atoms with E-state index in [9.17, 15) is 0 Å². The SMILES string of the molecule is CC(/C=C(\C)N)=N/Nc1cc(Cl)ccc1C. The summed E-state index contributed by atoms with van der Waals surface area (Å²) in [5, 5.41) is 4.87. The van der Waals surface area contributed by atoms with Gasteiger partial charge in [0.2, 0.25) is 0 Å². The van der Waals surface area contributed by atoms with E-state index in [1.807, 2.05) is 39.0 Å². The predicted molar refractivity (Wildman–Crippen MR) is 70.9 cm³/mol. The largest absolute Gasteiger partial charge is 0.402 e. The Morgan fingerprint density at radius 1 is 1.44 bits per heavy atom. The van der Waals surface area contributed by atoms with Gasteiger partial charge in [0.1, 0.15) is 0 Å². The second-order valence-electron chi connectivity index (χ2n) is 3.71. The number of rotatable bonds is 3. The molecule has 0 amide bonds. The van der Waals surface area contributed by atoms with Crippen molar-refractivity contribution in [3.8, 4) is 0 Å². The maximum Gasteiger partial charge on any atom is 0.0605 e. The molecule has 0 radical (unpaired) electrons. The smallest absolute Gasteiger partial charge is 0.0605 e. The second-order valence-corrected chi connectivity index (χ2v) is 4.15. The lowest BCUT2D eigenvalue weighted by atomic mass is 10.2. The summed E-state index contributed by atoms with van der Waals surface area (Å²) in [5.74, 6) is 0. The molecular weight excluding hydrogens is 222 g/mol. The third-order valence-corrected chi connectivity index (χ3v) is 2.22. The molecule has 0 fully saturated rings. The van der Waals surface area contributed by atoms with Crippen LogP contribution in [-0.2, 0) is 0 Å². The highest BCUT2D eigenvalue weighted by atomic mass is 35.5. The lowest BCUT2D eigenvalue weighted by Crippen LogP contribution is -1.99. The number of nitrogens with zero attached hydrogens (tertiary/aromatic N) is 1. The molecule has 3 nitrogen and oxygen atoms in total. The van der Waals surface area contributed by atoms with E-state index in [1.165, 1.54) is 0 Å². The van der Waals surface area contributed by atoms with Gasteiger partial charge in [-0.2, -0.15) is 5.10 Å². The van der Waals surface area contributed by atoms with Gasteiger partial charge >= 0.3 is 0 Å². The summed E-state index contributed by atoms with van der Waals surface area (Å²) >= 11 is 5.90. The van der Waals surface area contributed by atoms with Crippen LogP contribution in [0.15, 0.2) is 35.1 Å². The molecule has 1 aromatic carbocycles. The molecular formula is C12H16ClN3. The van der Waals surface area contributed by atoms with Crippen LogP contribution in [0.2, 0.25) is 5.02 Å². The highest BCUT2D eigenvalue weighted by molar-refractivity contribution is 6.30. The van der Waals surface area contributed by atoms with Gasteiger partial charge in [0.25, 0.3) is 0 Å². The van der Waals surface area contributed by atoms with Crippen LogP contribution in [0.4, 0.5) is 5.69 Å². The van der Waals surface area contributed by atoms with Crippen molar-refractivity contribution in [2.24, 2.45) is 10.8 Å². The minimum Gasteiger partial charge on any atom is -0.402 e. The molecule has 0 aromatic heterocycles. The van der Waals surface area contributed by atoms with Gasteiger partial charge in [-0.05, 0) is 44.5 Å². The Morgan fingerprint density at radius 2 is 2.12 bits per heavy atom. The summed E-state index contributed by atoms with van der Waals surface area (Å²) < 4.78 is 0. The van der Waals surface area contributed by atoms with Crippen LogP contribution in [0.25, 0.3) is 0 Å². The number of halogens is 1. The molecule has 0 atom stereocenters.